The second-order valence-electron chi connectivity index (χ2n) is 9.39. The molecule has 1 aliphatic rings. The molecule has 2 heterocycles. The fourth-order valence-corrected chi connectivity index (χ4v) is 5.07. The summed E-state index contributed by atoms with van der Waals surface area (Å²) in [5.74, 6) is 0.224. The van der Waals surface area contributed by atoms with Gasteiger partial charge >= 0.3 is 0 Å². The van der Waals surface area contributed by atoms with Crippen molar-refractivity contribution >= 4 is 10.8 Å². The fraction of sp³-hybridized carbons (Fsp3) is 0.310. The SMILES string of the molecule is CC(CN1CCC(n2nc(Cc3ccc(F)cc3)c3ccccc3c2=O)CC1)c1ccccc1. The molecule has 1 aliphatic heterocycles. The molecule has 0 radical (unpaired) electrons. The van der Waals surface area contributed by atoms with Crippen molar-refractivity contribution < 1.29 is 4.39 Å². The molecule has 1 atom stereocenters. The van der Waals surface area contributed by atoms with E-state index in [4.69, 9.17) is 5.10 Å². The molecule has 1 aromatic heterocycles. The summed E-state index contributed by atoms with van der Waals surface area (Å²) >= 11 is 0. The fourth-order valence-electron chi connectivity index (χ4n) is 5.07. The van der Waals surface area contributed by atoms with E-state index < -0.39 is 0 Å². The second kappa shape index (κ2) is 9.90. The van der Waals surface area contributed by atoms with Crippen LogP contribution in [0.2, 0.25) is 0 Å². The number of hydrogen-bond donors (Lipinski definition) is 0. The quantitative estimate of drug-likeness (QED) is 0.382. The topological polar surface area (TPSA) is 38.1 Å². The molecule has 0 bridgehead atoms. The van der Waals surface area contributed by atoms with Crippen molar-refractivity contribution in [3.8, 4) is 0 Å². The van der Waals surface area contributed by atoms with Crippen LogP contribution in [0.15, 0.2) is 83.7 Å². The molecule has 0 N–H and O–H groups in total. The summed E-state index contributed by atoms with van der Waals surface area (Å²) in [6.45, 7) is 5.21. The molecular formula is C29H30FN3O. The van der Waals surface area contributed by atoms with Gasteiger partial charge in [-0.1, -0.05) is 67.6 Å². The first-order valence-electron chi connectivity index (χ1n) is 12.1. The van der Waals surface area contributed by atoms with E-state index in [1.165, 1.54) is 17.7 Å². The predicted molar refractivity (Wildman–Crippen MR) is 135 cm³/mol. The van der Waals surface area contributed by atoms with Gasteiger partial charge < -0.3 is 4.90 Å². The Bertz CT molecular complexity index is 1310. The minimum atomic E-state index is -0.250. The summed E-state index contributed by atoms with van der Waals surface area (Å²) in [5, 5.41) is 6.45. The normalized spacial score (nSPS) is 16.1. The van der Waals surface area contributed by atoms with Gasteiger partial charge in [0.2, 0.25) is 0 Å². The Morgan fingerprint density at radius 2 is 1.56 bits per heavy atom. The van der Waals surface area contributed by atoms with Gasteiger partial charge in [-0.15, -0.1) is 0 Å². The van der Waals surface area contributed by atoms with Gasteiger partial charge in [0.1, 0.15) is 5.82 Å². The van der Waals surface area contributed by atoms with Crippen molar-refractivity contribution in [3.63, 3.8) is 0 Å². The maximum absolute atomic E-state index is 13.4. The number of rotatable bonds is 6. The average molecular weight is 456 g/mol. The van der Waals surface area contributed by atoms with E-state index in [1.54, 1.807) is 16.8 Å². The number of benzene rings is 3. The maximum Gasteiger partial charge on any atom is 0.274 e. The van der Waals surface area contributed by atoms with Crippen LogP contribution in [0, 0.1) is 5.82 Å². The van der Waals surface area contributed by atoms with Gasteiger partial charge in [-0.25, -0.2) is 9.07 Å². The zero-order valence-corrected chi connectivity index (χ0v) is 19.5. The first kappa shape index (κ1) is 22.5. The zero-order chi connectivity index (χ0) is 23.5. The van der Waals surface area contributed by atoms with E-state index in [2.05, 4.69) is 42.2 Å². The third-order valence-electron chi connectivity index (χ3n) is 6.99. The first-order chi connectivity index (χ1) is 16.6. The molecule has 3 aromatic carbocycles. The Kier molecular flexibility index (Phi) is 6.54. The molecule has 4 aromatic rings. The van der Waals surface area contributed by atoms with Gasteiger partial charge in [-0.3, -0.25) is 4.79 Å². The molecule has 1 unspecified atom stereocenters. The minimum Gasteiger partial charge on any atom is -0.303 e. The molecule has 5 rings (SSSR count). The number of fused-ring (bicyclic) bond motifs is 1. The third-order valence-corrected chi connectivity index (χ3v) is 6.99. The Balaban J connectivity index is 1.36. The van der Waals surface area contributed by atoms with Crippen LogP contribution in [0.5, 0.6) is 0 Å². The molecule has 0 spiro atoms. The molecule has 0 aliphatic carbocycles. The Labute approximate surface area is 199 Å². The highest BCUT2D eigenvalue weighted by molar-refractivity contribution is 5.83. The predicted octanol–water partition coefficient (Wildman–Crippen LogP) is 5.57. The molecule has 1 fully saturated rings. The highest BCUT2D eigenvalue weighted by atomic mass is 19.1. The summed E-state index contributed by atoms with van der Waals surface area (Å²) in [6.07, 6.45) is 2.37. The molecule has 5 heteroatoms. The van der Waals surface area contributed by atoms with Crippen molar-refractivity contribution in [2.45, 2.75) is 38.1 Å². The monoisotopic (exact) mass is 455 g/mol. The molecule has 4 nitrogen and oxygen atoms in total. The van der Waals surface area contributed by atoms with Crippen molar-refractivity contribution in [1.82, 2.24) is 14.7 Å². The minimum absolute atomic E-state index is 0.0189. The lowest BCUT2D eigenvalue weighted by molar-refractivity contribution is 0.170. The standard InChI is InChI=1S/C29H30FN3O/c1-21(23-7-3-2-4-8-23)20-32-17-15-25(16-18-32)33-29(34)27-10-6-5-9-26(27)28(31-33)19-22-11-13-24(30)14-12-22/h2-14,21,25H,15-20H2,1H3. The van der Waals surface area contributed by atoms with Crippen molar-refractivity contribution in [3.05, 3.63) is 112 Å². The first-order valence-corrected chi connectivity index (χ1v) is 12.1. The van der Waals surface area contributed by atoms with E-state index in [0.29, 0.717) is 17.7 Å². The number of hydrogen-bond acceptors (Lipinski definition) is 3. The van der Waals surface area contributed by atoms with Gasteiger partial charge in [0.25, 0.3) is 5.56 Å². The van der Waals surface area contributed by atoms with Crippen LogP contribution in [-0.4, -0.2) is 34.3 Å². The molecule has 0 amide bonds. The van der Waals surface area contributed by atoms with Gasteiger partial charge in [0.05, 0.1) is 17.1 Å². The van der Waals surface area contributed by atoms with Crippen molar-refractivity contribution in [2.24, 2.45) is 0 Å². The van der Waals surface area contributed by atoms with Crippen LogP contribution in [0.1, 0.15) is 48.5 Å². The molecule has 0 saturated carbocycles. The van der Waals surface area contributed by atoms with E-state index in [1.807, 2.05) is 24.3 Å². The molecule has 1 saturated heterocycles. The van der Waals surface area contributed by atoms with Crippen LogP contribution in [0.3, 0.4) is 0 Å². The smallest absolute Gasteiger partial charge is 0.274 e. The largest absolute Gasteiger partial charge is 0.303 e. The molecule has 34 heavy (non-hydrogen) atoms. The number of piperidine rings is 1. The third kappa shape index (κ3) is 4.80. The summed E-state index contributed by atoms with van der Waals surface area (Å²) in [5.41, 5.74) is 3.19. The van der Waals surface area contributed by atoms with Crippen LogP contribution in [-0.2, 0) is 6.42 Å². The maximum atomic E-state index is 13.4. The van der Waals surface area contributed by atoms with Gasteiger partial charge in [-0.05, 0) is 48.1 Å². The van der Waals surface area contributed by atoms with Crippen molar-refractivity contribution in [1.29, 1.82) is 0 Å². The number of nitrogens with zero attached hydrogens (tertiary/aromatic N) is 3. The van der Waals surface area contributed by atoms with Crippen LogP contribution >= 0.6 is 0 Å². The van der Waals surface area contributed by atoms with E-state index in [-0.39, 0.29) is 17.4 Å². The summed E-state index contributed by atoms with van der Waals surface area (Å²) in [6, 6.07) is 24.9. The van der Waals surface area contributed by atoms with Gasteiger partial charge in [0.15, 0.2) is 0 Å². The van der Waals surface area contributed by atoms with Crippen LogP contribution in [0.4, 0.5) is 4.39 Å². The Morgan fingerprint density at radius 3 is 2.26 bits per heavy atom. The van der Waals surface area contributed by atoms with Crippen LogP contribution in [0.25, 0.3) is 10.8 Å². The summed E-state index contributed by atoms with van der Waals surface area (Å²) < 4.78 is 15.1. The highest BCUT2D eigenvalue weighted by Crippen LogP contribution is 2.25. The van der Waals surface area contributed by atoms with Gasteiger partial charge in [0, 0.05) is 31.4 Å². The van der Waals surface area contributed by atoms with E-state index in [9.17, 15) is 9.18 Å². The highest BCUT2D eigenvalue weighted by Gasteiger charge is 2.25. The Hall–Kier alpha value is -3.31. The number of aromatic nitrogens is 2. The lowest BCUT2D eigenvalue weighted by atomic mass is 9.98. The van der Waals surface area contributed by atoms with E-state index in [0.717, 1.165) is 49.1 Å². The second-order valence-corrected chi connectivity index (χ2v) is 9.39. The van der Waals surface area contributed by atoms with Crippen molar-refractivity contribution in [2.75, 3.05) is 19.6 Å². The lowest BCUT2D eigenvalue weighted by Crippen LogP contribution is -2.40. The summed E-state index contributed by atoms with van der Waals surface area (Å²) in [4.78, 5) is 15.9. The van der Waals surface area contributed by atoms with Gasteiger partial charge in [-0.2, -0.15) is 5.10 Å². The average Bonchev–Trinajstić information content (AvgIpc) is 2.88. The molecule has 174 valence electrons. The zero-order valence-electron chi connectivity index (χ0n) is 19.5. The van der Waals surface area contributed by atoms with Crippen LogP contribution < -0.4 is 5.56 Å². The Morgan fingerprint density at radius 1 is 0.912 bits per heavy atom. The lowest BCUT2D eigenvalue weighted by Gasteiger charge is -2.34. The summed E-state index contributed by atoms with van der Waals surface area (Å²) in [7, 11) is 0. The molecular weight excluding hydrogens is 425 g/mol. The van der Waals surface area contributed by atoms with E-state index >= 15 is 0 Å². The number of halogens is 1. The number of likely N-dealkylation sites (tertiary alicyclic amines) is 1.